The van der Waals surface area contributed by atoms with E-state index in [-0.39, 0.29) is 17.8 Å². The summed E-state index contributed by atoms with van der Waals surface area (Å²) in [7, 11) is 0. The van der Waals surface area contributed by atoms with Crippen molar-refractivity contribution in [3.05, 3.63) is 0 Å². The van der Waals surface area contributed by atoms with E-state index >= 15 is 0 Å². The minimum Gasteiger partial charge on any atom is -0.444 e. The van der Waals surface area contributed by atoms with Crippen LogP contribution in [0.5, 0.6) is 0 Å². The lowest BCUT2D eigenvalue weighted by molar-refractivity contribution is 0.0165. The summed E-state index contributed by atoms with van der Waals surface area (Å²) >= 11 is 0. The van der Waals surface area contributed by atoms with Crippen molar-refractivity contribution in [2.45, 2.75) is 50.9 Å². The van der Waals surface area contributed by atoms with Crippen LogP contribution in [-0.2, 0) is 9.47 Å². The first-order valence-electron chi connectivity index (χ1n) is 5.92. The first kappa shape index (κ1) is 12.2. The monoisotopic (exact) mass is 238 g/mol. The molecule has 1 unspecified atom stereocenters. The molecule has 0 aromatic heterocycles. The molecule has 5 heteroatoms. The van der Waals surface area contributed by atoms with Gasteiger partial charge in [-0.3, -0.25) is 0 Å². The second kappa shape index (κ2) is 3.88. The maximum absolute atomic E-state index is 11.8. The molecular formula is C12H18N2O3. The zero-order valence-electron chi connectivity index (χ0n) is 10.5. The summed E-state index contributed by atoms with van der Waals surface area (Å²) in [5.74, 6) is 0. The number of amides is 1. The fraction of sp³-hybridized carbons (Fsp3) is 0.833. The summed E-state index contributed by atoms with van der Waals surface area (Å²) in [5, 5.41) is 8.77. The van der Waals surface area contributed by atoms with Gasteiger partial charge in [0.25, 0.3) is 0 Å². The number of carbonyl (C=O) groups excluding carboxylic acids is 1. The van der Waals surface area contributed by atoms with Gasteiger partial charge < -0.3 is 14.4 Å². The normalized spacial score (nSPS) is 26.5. The quantitative estimate of drug-likeness (QED) is 0.602. The lowest BCUT2D eigenvalue weighted by atomic mass is 9.94. The van der Waals surface area contributed by atoms with Crippen LogP contribution < -0.4 is 0 Å². The van der Waals surface area contributed by atoms with E-state index in [1.165, 1.54) is 0 Å². The second-order valence-corrected chi connectivity index (χ2v) is 5.66. The van der Waals surface area contributed by atoms with Crippen LogP contribution in [0, 0.1) is 11.3 Å². The van der Waals surface area contributed by atoms with Gasteiger partial charge >= 0.3 is 6.09 Å². The van der Waals surface area contributed by atoms with Crippen LogP contribution in [0.3, 0.4) is 0 Å². The van der Waals surface area contributed by atoms with Crippen LogP contribution in [0.25, 0.3) is 0 Å². The molecule has 0 aromatic carbocycles. The number of likely N-dealkylation sites (tertiary alicyclic amines) is 1. The number of ether oxygens (including phenoxy) is 2. The van der Waals surface area contributed by atoms with Crippen LogP contribution >= 0.6 is 0 Å². The molecule has 2 fully saturated rings. The Kier molecular flexibility index (Phi) is 2.78. The molecule has 5 nitrogen and oxygen atoms in total. The molecule has 17 heavy (non-hydrogen) atoms. The molecule has 0 aromatic rings. The zero-order chi connectivity index (χ0) is 12.7. The third-order valence-electron chi connectivity index (χ3n) is 3.15. The van der Waals surface area contributed by atoms with Crippen molar-refractivity contribution >= 4 is 6.09 Å². The van der Waals surface area contributed by atoms with Gasteiger partial charge in [0.2, 0.25) is 0 Å². The van der Waals surface area contributed by atoms with Gasteiger partial charge in [-0.15, -0.1) is 0 Å². The van der Waals surface area contributed by atoms with Crippen LogP contribution in [0.1, 0.15) is 33.6 Å². The van der Waals surface area contributed by atoms with E-state index in [1.807, 2.05) is 20.8 Å². The summed E-state index contributed by atoms with van der Waals surface area (Å²) in [6, 6.07) is 2.12. The predicted molar refractivity (Wildman–Crippen MR) is 60.3 cm³/mol. The van der Waals surface area contributed by atoms with Crippen LogP contribution in [0.15, 0.2) is 0 Å². The SMILES string of the molecule is CC(C)(C)OC(=O)N1CCC2(CC1)OC2C#N. The van der Waals surface area contributed by atoms with E-state index < -0.39 is 5.60 Å². The summed E-state index contributed by atoms with van der Waals surface area (Å²) in [4.78, 5) is 13.5. The summed E-state index contributed by atoms with van der Waals surface area (Å²) in [5.41, 5.74) is -0.731. The minimum atomic E-state index is -0.461. The maximum atomic E-state index is 11.8. The first-order valence-corrected chi connectivity index (χ1v) is 5.92. The summed E-state index contributed by atoms with van der Waals surface area (Å²) < 4.78 is 10.7. The highest BCUT2D eigenvalue weighted by molar-refractivity contribution is 5.68. The standard InChI is InChI=1S/C12H18N2O3/c1-11(2,3)17-10(15)14-6-4-12(5-7-14)9(8-13)16-12/h9H,4-7H2,1-3H3. The van der Waals surface area contributed by atoms with Crippen LogP contribution in [-0.4, -0.2) is 41.4 Å². The van der Waals surface area contributed by atoms with Crippen molar-refractivity contribution in [1.82, 2.24) is 4.90 Å². The molecule has 0 saturated carbocycles. The van der Waals surface area contributed by atoms with Gasteiger partial charge in [0, 0.05) is 13.1 Å². The van der Waals surface area contributed by atoms with Crippen molar-refractivity contribution in [3.8, 4) is 6.07 Å². The maximum Gasteiger partial charge on any atom is 0.410 e. The Morgan fingerprint density at radius 1 is 1.47 bits per heavy atom. The molecule has 0 radical (unpaired) electrons. The number of nitrogens with zero attached hydrogens (tertiary/aromatic N) is 2. The van der Waals surface area contributed by atoms with Gasteiger partial charge in [0.05, 0.1) is 6.07 Å². The third-order valence-corrected chi connectivity index (χ3v) is 3.15. The van der Waals surface area contributed by atoms with Gasteiger partial charge in [-0.05, 0) is 33.6 Å². The van der Waals surface area contributed by atoms with E-state index in [2.05, 4.69) is 6.07 Å². The fourth-order valence-electron chi connectivity index (χ4n) is 2.12. The van der Waals surface area contributed by atoms with Gasteiger partial charge in [-0.2, -0.15) is 5.26 Å². The molecule has 0 aliphatic carbocycles. The molecule has 2 aliphatic rings. The molecule has 1 atom stereocenters. The van der Waals surface area contributed by atoms with Gasteiger partial charge in [-0.1, -0.05) is 0 Å². The van der Waals surface area contributed by atoms with Crippen molar-refractivity contribution in [2.75, 3.05) is 13.1 Å². The van der Waals surface area contributed by atoms with Crippen LogP contribution in [0.4, 0.5) is 4.79 Å². The Labute approximate surface area is 101 Å². The van der Waals surface area contributed by atoms with Crippen molar-refractivity contribution in [3.63, 3.8) is 0 Å². The topological polar surface area (TPSA) is 65.9 Å². The number of rotatable bonds is 0. The molecule has 2 aliphatic heterocycles. The van der Waals surface area contributed by atoms with Crippen molar-refractivity contribution in [2.24, 2.45) is 0 Å². The van der Waals surface area contributed by atoms with E-state index in [4.69, 9.17) is 14.7 Å². The Morgan fingerprint density at radius 2 is 2.06 bits per heavy atom. The molecule has 2 saturated heterocycles. The Morgan fingerprint density at radius 3 is 2.47 bits per heavy atom. The highest BCUT2D eigenvalue weighted by Gasteiger charge is 2.58. The fourth-order valence-corrected chi connectivity index (χ4v) is 2.12. The van der Waals surface area contributed by atoms with E-state index in [0.717, 1.165) is 12.8 Å². The molecule has 0 bridgehead atoms. The molecule has 94 valence electrons. The highest BCUT2D eigenvalue weighted by atomic mass is 16.6. The average molecular weight is 238 g/mol. The van der Waals surface area contributed by atoms with Gasteiger partial charge in [0.15, 0.2) is 6.10 Å². The Hall–Kier alpha value is -1.28. The summed E-state index contributed by atoms with van der Waals surface area (Å²) in [6.45, 7) is 6.77. The largest absolute Gasteiger partial charge is 0.444 e. The highest BCUT2D eigenvalue weighted by Crippen LogP contribution is 2.44. The van der Waals surface area contributed by atoms with Crippen molar-refractivity contribution in [1.29, 1.82) is 5.26 Å². The molecule has 2 rings (SSSR count). The van der Waals surface area contributed by atoms with E-state index in [1.54, 1.807) is 4.90 Å². The summed E-state index contributed by atoms with van der Waals surface area (Å²) in [6.07, 6.45) is 0.902. The predicted octanol–water partition coefficient (Wildman–Crippen LogP) is 1.68. The molecular weight excluding hydrogens is 220 g/mol. The first-order chi connectivity index (χ1) is 7.86. The Bertz CT molecular complexity index is 359. The number of nitriles is 1. The van der Waals surface area contributed by atoms with Gasteiger partial charge in [0.1, 0.15) is 11.2 Å². The second-order valence-electron chi connectivity index (χ2n) is 5.66. The molecule has 1 amide bonds. The molecule has 0 N–H and O–H groups in total. The number of carbonyl (C=O) groups is 1. The van der Waals surface area contributed by atoms with Crippen LogP contribution in [0.2, 0.25) is 0 Å². The molecule has 1 spiro atoms. The van der Waals surface area contributed by atoms with Crippen molar-refractivity contribution < 1.29 is 14.3 Å². The lowest BCUT2D eigenvalue weighted by Gasteiger charge is -2.32. The zero-order valence-corrected chi connectivity index (χ0v) is 10.5. The average Bonchev–Trinajstić information content (AvgIpc) is 2.90. The lowest BCUT2D eigenvalue weighted by Crippen LogP contribution is -2.44. The van der Waals surface area contributed by atoms with Gasteiger partial charge in [-0.25, -0.2) is 4.79 Å². The minimum absolute atomic E-state index is 0.271. The smallest absolute Gasteiger partial charge is 0.410 e. The number of piperidine rings is 1. The Balaban J connectivity index is 1.84. The number of epoxide rings is 1. The van der Waals surface area contributed by atoms with E-state index in [0.29, 0.717) is 13.1 Å². The number of hydrogen-bond acceptors (Lipinski definition) is 4. The van der Waals surface area contributed by atoms with E-state index in [9.17, 15) is 4.79 Å². The molecule has 2 heterocycles. The number of hydrogen-bond donors (Lipinski definition) is 0. The third kappa shape index (κ3) is 2.52.